The second-order valence-electron chi connectivity index (χ2n) is 4.46. The zero-order valence-electron chi connectivity index (χ0n) is 10.5. The predicted octanol–water partition coefficient (Wildman–Crippen LogP) is 3.28. The summed E-state index contributed by atoms with van der Waals surface area (Å²) in [4.78, 5) is 15.3. The average Bonchev–Trinajstić information content (AvgIpc) is 2.76. The van der Waals surface area contributed by atoms with Crippen molar-refractivity contribution >= 4 is 23.1 Å². The van der Waals surface area contributed by atoms with Crippen LogP contribution in [-0.4, -0.2) is 20.5 Å². The van der Waals surface area contributed by atoms with Crippen LogP contribution in [-0.2, 0) is 6.42 Å². The van der Waals surface area contributed by atoms with Crippen molar-refractivity contribution in [1.29, 1.82) is 0 Å². The second-order valence-corrected chi connectivity index (χ2v) is 4.82. The number of imidazole rings is 1. The molecule has 0 radical (unpaired) electrons. The first-order valence-corrected chi connectivity index (χ1v) is 6.46. The molecule has 0 amide bonds. The van der Waals surface area contributed by atoms with Gasteiger partial charge in [0.05, 0.1) is 11.1 Å². The lowest BCUT2D eigenvalue weighted by molar-refractivity contribution is 0.0697. The number of nitrogens with zero attached hydrogens (tertiary/aromatic N) is 2. The first-order valence-electron chi connectivity index (χ1n) is 6.09. The van der Waals surface area contributed by atoms with Crippen LogP contribution in [0.2, 0.25) is 5.15 Å². The fourth-order valence-corrected chi connectivity index (χ4v) is 2.39. The van der Waals surface area contributed by atoms with Crippen molar-refractivity contribution in [3.8, 4) is 0 Å². The zero-order chi connectivity index (χ0) is 14.1. The van der Waals surface area contributed by atoms with Crippen molar-refractivity contribution in [3.05, 3.63) is 70.8 Å². The molecule has 0 bridgehead atoms. The van der Waals surface area contributed by atoms with Gasteiger partial charge in [-0.25, -0.2) is 9.78 Å². The van der Waals surface area contributed by atoms with Crippen LogP contribution >= 0.6 is 11.6 Å². The van der Waals surface area contributed by atoms with Gasteiger partial charge in [-0.1, -0.05) is 41.9 Å². The molecule has 5 heteroatoms. The lowest BCUT2D eigenvalue weighted by atomic mass is 10.1. The van der Waals surface area contributed by atoms with Crippen LogP contribution < -0.4 is 0 Å². The topological polar surface area (TPSA) is 54.6 Å². The maximum atomic E-state index is 11.0. The SMILES string of the molecule is O=C(O)c1ccn2c(Cc3ccccc3)nc(Cl)c2c1. The molecule has 0 fully saturated rings. The van der Waals surface area contributed by atoms with Crippen LogP contribution in [0.25, 0.3) is 5.52 Å². The van der Waals surface area contributed by atoms with Gasteiger partial charge in [-0.3, -0.25) is 0 Å². The Bertz CT molecular complexity index is 781. The lowest BCUT2D eigenvalue weighted by Gasteiger charge is -2.02. The van der Waals surface area contributed by atoms with Gasteiger partial charge in [0.1, 0.15) is 5.82 Å². The van der Waals surface area contributed by atoms with E-state index in [9.17, 15) is 4.79 Å². The van der Waals surface area contributed by atoms with E-state index in [1.807, 2.05) is 34.7 Å². The Morgan fingerprint density at radius 2 is 2.00 bits per heavy atom. The van der Waals surface area contributed by atoms with E-state index in [0.717, 1.165) is 11.4 Å². The molecule has 0 unspecified atom stereocenters. The minimum absolute atomic E-state index is 0.200. The zero-order valence-corrected chi connectivity index (χ0v) is 11.2. The van der Waals surface area contributed by atoms with Gasteiger partial charge < -0.3 is 9.51 Å². The summed E-state index contributed by atoms with van der Waals surface area (Å²) in [5.74, 6) is -0.192. The number of carbonyl (C=O) groups is 1. The van der Waals surface area contributed by atoms with E-state index in [2.05, 4.69) is 4.98 Å². The van der Waals surface area contributed by atoms with Gasteiger partial charge in [-0.2, -0.15) is 0 Å². The Morgan fingerprint density at radius 3 is 2.70 bits per heavy atom. The highest BCUT2D eigenvalue weighted by Crippen LogP contribution is 2.21. The highest BCUT2D eigenvalue weighted by molar-refractivity contribution is 6.32. The fourth-order valence-electron chi connectivity index (χ4n) is 2.14. The Hall–Kier alpha value is -2.33. The number of aromatic carboxylic acids is 1. The van der Waals surface area contributed by atoms with Crippen molar-refractivity contribution in [2.75, 3.05) is 0 Å². The Kier molecular flexibility index (Phi) is 3.16. The molecule has 0 atom stereocenters. The fraction of sp³-hybridized carbons (Fsp3) is 0.0667. The van der Waals surface area contributed by atoms with Crippen molar-refractivity contribution in [2.24, 2.45) is 0 Å². The van der Waals surface area contributed by atoms with E-state index in [4.69, 9.17) is 16.7 Å². The smallest absolute Gasteiger partial charge is 0.335 e. The van der Waals surface area contributed by atoms with Crippen molar-refractivity contribution in [3.63, 3.8) is 0 Å². The van der Waals surface area contributed by atoms with Crippen molar-refractivity contribution in [2.45, 2.75) is 6.42 Å². The number of hydrogen-bond acceptors (Lipinski definition) is 2. The first kappa shape index (κ1) is 12.7. The van der Waals surface area contributed by atoms with Crippen molar-refractivity contribution in [1.82, 2.24) is 9.38 Å². The van der Waals surface area contributed by atoms with E-state index in [1.165, 1.54) is 6.07 Å². The number of carboxylic acids is 1. The van der Waals surface area contributed by atoms with Crippen LogP contribution in [0.3, 0.4) is 0 Å². The molecule has 0 spiro atoms. The number of aromatic nitrogens is 2. The lowest BCUT2D eigenvalue weighted by Crippen LogP contribution is -2.00. The molecule has 3 rings (SSSR count). The van der Waals surface area contributed by atoms with Gasteiger partial charge in [0, 0.05) is 12.6 Å². The molecule has 100 valence electrons. The number of pyridine rings is 1. The Labute approximate surface area is 120 Å². The van der Waals surface area contributed by atoms with E-state index in [0.29, 0.717) is 17.1 Å². The molecule has 2 aromatic heterocycles. The number of hydrogen-bond donors (Lipinski definition) is 1. The van der Waals surface area contributed by atoms with Gasteiger partial charge in [0.15, 0.2) is 5.15 Å². The number of rotatable bonds is 3. The highest BCUT2D eigenvalue weighted by Gasteiger charge is 2.12. The summed E-state index contributed by atoms with van der Waals surface area (Å²) in [6.45, 7) is 0. The molecule has 2 heterocycles. The summed E-state index contributed by atoms with van der Waals surface area (Å²) >= 11 is 6.10. The first-order chi connectivity index (χ1) is 9.65. The number of halogens is 1. The maximum Gasteiger partial charge on any atom is 0.335 e. The van der Waals surface area contributed by atoms with Crippen LogP contribution in [0.5, 0.6) is 0 Å². The summed E-state index contributed by atoms with van der Waals surface area (Å²) in [5.41, 5.74) is 1.93. The summed E-state index contributed by atoms with van der Waals surface area (Å²) in [6.07, 6.45) is 2.33. The van der Waals surface area contributed by atoms with Crippen LogP contribution in [0.4, 0.5) is 0 Å². The predicted molar refractivity (Wildman–Crippen MR) is 76.4 cm³/mol. The van der Waals surface area contributed by atoms with Crippen LogP contribution in [0.15, 0.2) is 48.7 Å². The third-order valence-electron chi connectivity index (χ3n) is 3.12. The average molecular weight is 287 g/mol. The molecule has 4 nitrogen and oxygen atoms in total. The monoisotopic (exact) mass is 286 g/mol. The molecule has 3 aromatic rings. The third kappa shape index (κ3) is 2.26. The molecular weight excluding hydrogens is 276 g/mol. The molecule has 0 aliphatic rings. The van der Waals surface area contributed by atoms with Gasteiger partial charge in [0.2, 0.25) is 0 Å². The van der Waals surface area contributed by atoms with E-state index < -0.39 is 5.97 Å². The summed E-state index contributed by atoms with van der Waals surface area (Å²) < 4.78 is 1.82. The third-order valence-corrected chi connectivity index (χ3v) is 3.40. The molecule has 20 heavy (non-hydrogen) atoms. The molecule has 0 aliphatic heterocycles. The number of fused-ring (bicyclic) bond motifs is 1. The largest absolute Gasteiger partial charge is 0.478 e. The quantitative estimate of drug-likeness (QED) is 0.804. The standard InChI is InChI=1S/C15H11ClN2O2/c16-14-12-9-11(15(19)20)6-7-18(12)13(17-14)8-10-4-2-1-3-5-10/h1-7,9H,8H2,(H,19,20). The number of benzene rings is 1. The highest BCUT2D eigenvalue weighted by atomic mass is 35.5. The minimum atomic E-state index is -0.977. The molecule has 0 aliphatic carbocycles. The second kappa shape index (κ2) is 4.98. The van der Waals surface area contributed by atoms with Gasteiger partial charge in [-0.15, -0.1) is 0 Å². The molecular formula is C15H11ClN2O2. The van der Waals surface area contributed by atoms with Crippen molar-refractivity contribution < 1.29 is 9.90 Å². The van der Waals surface area contributed by atoms with E-state index in [1.54, 1.807) is 12.3 Å². The Morgan fingerprint density at radius 1 is 1.25 bits per heavy atom. The van der Waals surface area contributed by atoms with Crippen LogP contribution in [0.1, 0.15) is 21.7 Å². The van der Waals surface area contributed by atoms with E-state index >= 15 is 0 Å². The maximum absolute atomic E-state index is 11.0. The van der Waals surface area contributed by atoms with Gasteiger partial charge >= 0.3 is 5.97 Å². The molecule has 0 saturated carbocycles. The summed E-state index contributed by atoms with van der Waals surface area (Å²) in [6, 6.07) is 13.0. The Balaban J connectivity index is 2.07. The normalized spacial score (nSPS) is 10.8. The van der Waals surface area contributed by atoms with Crippen LogP contribution in [0, 0.1) is 0 Å². The van der Waals surface area contributed by atoms with Gasteiger partial charge in [0.25, 0.3) is 0 Å². The molecule has 1 N–H and O–H groups in total. The van der Waals surface area contributed by atoms with E-state index in [-0.39, 0.29) is 5.56 Å². The molecule has 1 aromatic carbocycles. The minimum Gasteiger partial charge on any atom is -0.478 e. The van der Waals surface area contributed by atoms with Gasteiger partial charge in [-0.05, 0) is 17.7 Å². The molecule has 0 saturated heterocycles. The number of carboxylic acid groups (broad SMARTS) is 1. The summed E-state index contributed by atoms with van der Waals surface area (Å²) in [5, 5.41) is 9.32. The summed E-state index contributed by atoms with van der Waals surface area (Å²) in [7, 11) is 0.